The molecule has 2 aromatic heterocycles. The van der Waals surface area contributed by atoms with Crippen LogP contribution in [0.3, 0.4) is 0 Å². The number of hydrogen-bond donors (Lipinski definition) is 0. The van der Waals surface area contributed by atoms with Crippen molar-refractivity contribution < 1.29 is 18.7 Å². The molecular weight excluding hydrogens is 500 g/mol. The first kappa shape index (κ1) is 24.7. The predicted octanol–water partition coefficient (Wildman–Crippen LogP) is 6.43. The van der Waals surface area contributed by atoms with Crippen LogP contribution in [0.25, 0.3) is 21.7 Å². The molecule has 6 rings (SSSR count). The molecule has 2 unspecified atom stereocenters. The SMILES string of the molecule is Cc1csc(-c2ccc(OCc3ccccc3)c3nc(N4CC5CCC(C4)N5C(=O)OC(C)(C)C)oc23)n1. The average Bonchev–Trinajstić information content (AvgIpc) is 3.58. The monoisotopic (exact) mass is 532 g/mol. The fourth-order valence-corrected chi connectivity index (χ4v) is 6.10. The van der Waals surface area contributed by atoms with Crippen LogP contribution in [0.5, 0.6) is 5.75 Å². The van der Waals surface area contributed by atoms with E-state index in [1.54, 1.807) is 11.3 Å². The van der Waals surface area contributed by atoms with Crippen molar-refractivity contribution in [2.45, 2.75) is 64.8 Å². The van der Waals surface area contributed by atoms with E-state index in [0.717, 1.165) is 34.7 Å². The molecule has 0 aliphatic carbocycles. The van der Waals surface area contributed by atoms with Crippen molar-refractivity contribution in [1.29, 1.82) is 0 Å². The van der Waals surface area contributed by atoms with Gasteiger partial charge in [0, 0.05) is 24.2 Å². The summed E-state index contributed by atoms with van der Waals surface area (Å²) in [6.07, 6.45) is 1.64. The van der Waals surface area contributed by atoms with Gasteiger partial charge >= 0.3 is 6.09 Å². The van der Waals surface area contributed by atoms with Crippen LogP contribution in [0.2, 0.25) is 0 Å². The Morgan fingerprint density at radius 1 is 1.08 bits per heavy atom. The topological polar surface area (TPSA) is 80.9 Å². The van der Waals surface area contributed by atoms with Crippen LogP contribution in [0.4, 0.5) is 10.8 Å². The molecule has 4 heterocycles. The third-order valence-electron chi connectivity index (χ3n) is 6.94. The zero-order chi connectivity index (χ0) is 26.4. The summed E-state index contributed by atoms with van der Waals surface area (Å²) in [6, 6.07) is 14.7. The number of carbonyl (C=O) groups excluding carboxylic acids is 1. The molecule has 0 spiro atoms. The molecular formula is C29H32N4O4S. The normalized spacial score (nSPS) is 19.3. The molecule has 0 radical (unpaired) electrons. The second kappa shape index (κ2) is 9.62. The van der Waals surface area contributed by atoms with Crippen LogP contribution in [-0.4, -0.2) is 51.7 Å². The molecule has 4 aromatic rings. The maximum Gasteiger partial charge on any atom is 0.410 e. The van der Waals surface area contributed by atoms with Gasteiger partial charge in [-0.1, -0.05) is 30.3 Å². The molecule has 2 aliphatic heterocycles. The fraction of sp³-hybridized carbons (Fsp3) is 0.414. The highest BCUT2D eigenvalue weighted by Gasteiger charge is 2.45. The number of benzene rings is 2. The Morgan fingerprint density at radius 3 is 2.47 bits per heavy atom. The van der Waals surface area contributed by atoms with Crippen molar-refractivity contribution in [1.82, 2.24) is 14.9 Å². The van der Waals surface area contributed by atoms with Gasteiger partial charge in [0.05, 0.1) is 17.6 Å². The highest BCUT2D eigenvalue weighted by molar-refractivity contribution is 7.13. The van der Waals surface area contributed by atoms with E-state index in [-0.39, 0.29) is 18.2 Å². The van der Waals surface area contributed by atoms with Gasteiger partial charge in [0.15, 0.2) is 11.1 Å². The van der Waals surface area contributed by atoms with E-state index in [0.29, 0.717) is 42.6 Å². The number of carbonyl (C=O) groups is 1. The maximum atomic E-state index is 12.9. The van der Waals surface area contributed by atoms with Crippen LogP contribution in [0, 0.1) is 6.92 Å². The number of fused-ring (bicyclic) bond motifs is 3. The molecule has 0 N–H and O–H groups in total. The predicted molar refractivity (Wildman–Crippen MR) is 148 cm³/mol. The Kier molecular flexibility index (Phi) is 6.26. The summed E-state index contributed by atoms with van der Waals surface area (Å²) in [5, 5.41) is 2.92. The first-order valence-corrected chi connectivity index (χ1v) is 13.9. The highest BCUT2D eigenvalue weighted by atomic mass is 32.1. The Morgan fingerprint density at radius 2 is 1.82 bits per heavy atom. The summed E-state index contributed by atoms with van der Waals surface area (Å²) in [5.74, 6) is 0.672. The lowest BCUT2D eigenvalue weighted by atomic mass is 10.2. The highest BCUT2D eigenvalue weighted by Crippen LogP contribution is 2.40. The summed E-state index contributed by atoms with van der Waals surface area (Å²) < 4.78 is 18.4. The standard InChI is InChI=1S/C29H32N4O4S/c1-18-17-38-26(30-18)22-12-13-23(35-16-19-8-6-5-7-9-19)24-25(22)36-27(31-24)32-14-20-10-11-21(15-32)33(20)28(34)37-29(2,3)4/h5-9,12-13,17,20-21H,10-11,14-16H2,1-4H3. The van der Waals surface area contributed by atoms with Crippen LogP contribution in [0.1, 0.15) is 44.9 Å². The molecule has 0 saturated carbocycles. The van der Waals surface area contributed by atoms with Crippen LogP contribution in [0.15, 0.2) is 52.3 Å². The Hall–Kier alpha value is -3.59. The number of rotatable bonds is 5. The van der Waals surface area contributed by atoms with E-state index in [9.17, 15) is 4.79 Å². The maximum absolute atomic E-state index is 12.9. The summed E-state index contributed by atoms with van der Waals surface area (Å²) in [6.45, 7) is 9.43. The van der Waals surface area contributed by atoms with Gasteiger partial charge in [0.2, 0.25) is 0 Å². The van der Waals surface area contributed by atoms with Crippen molar-refractivity contribution in [2.75, 3.05) is 18.0 Å². The van der Waals surface area contributed by atoms with Gasteiger partial charge < -0.3 is 18.8 Å². The number of aryl methyl sites for hydroxylation is 1. The first-order valence-electron chi connectivity index (χ1n) is 13.0. The van der Waals surface area contributed by atoms with E-state index in [4.69, 9.17) is 18.9 Å². The lowest BCUT2D eigenvalue weighted by molar-refractivity contribution is 0.0120. The molecule has 2 bridgehead atoms. The summed E-state index contributed by atoms with van der Waals surface area (Å²) >= 11 is 1.59. The largest absolute Gasteiger partial charge is 0.486 e. The average molecular weight is 533 g/mol. The minimum Gasteiger partial charge on any atom is -0.486 e. The Labute approximate surface area is 226 Å². The zero-order valence-electron chi connectivity index (χ0n) is 22.1. The van der Waals surface area contributed by atoms with Gasteiger partial charge in [0.1, 0.15) is 23.0 Å². The second-order valence-electron chi connectivity index (χ2n) is 11.0. The van der Waals surface area contributed by atoms with E-state index >= 15 is 0 Å². The number of piperazine rings is 1. The summed E-state index contributed by atoms with van der Waals surface area (Å²) in [4.78, 5) is 26.6. The molecule has 2 saturated heterocycles. The minimum atomic E-state index is -0.519. The van der Waals surface area contributed by atoms with Crippen molar-refractivity contribution in [3.05, 3.63) is 59.1 Å². The van der Waals surface area contributed by atoms with Crippen molar-refractivity contribution >= 4 is 34.5 Å². The fourth-order valence-electron chi connectivity index (χ4n) is 5.28. The smallest absolute Gasteiger partial charge is 0.410 e. The number of anilines is 1. The number of nitrogens with zero attached hydrogens (tertiary/aromatic N) is 4. The van der Waals surface area contributed by atoms with Crippen molar-refractivity contribution in [3.63, 3.8) is 0 Å². The molecule has 1 amide bonds. The van der Waals surface area contributed by atoms with E-state index in [1.807, 2.05) is 80.4 Å². The number of oxazole rings is 1. The van der Waals surface area contributed by atoms with Crippen LogP contribution >= 0.6 is 11.3 Å². The molecule has 198 valence electrons. The molecule has 38 heavy (non-hydrogen) atoms. The minimum absolute atomic E-state index is 0.0634. The van der Waals surface area contributed by atoms with E-state index < -0.39 is 5.60 Å². The number of ether oxygens (including phenoxy) is 2. The quantitative estimate of drug-likeness (QED) is 0.293. The van der Waals surface area contributed by atoms with Crippen molar-refractivity contribution in [2.24, 2.45) is 0 Å². The van der Waals surface area contributed by atoms with Gasteiger partial charge in [0.25, 0.3) is 6.01 Å². The lowest BCUT2D eigenvalue weighted by Gasteiger charge is -2.40. The van der Waals surface area contributed by atoms with Crippen molar-refractivity contribution in [3.8, 4) is 16.3 Å². The number of thiazole rings is 1. The molecule has 2 fully saturated rings. The van der Waals surface area contributed by atoms with Gasteiger partial charge in [-0.15, -0.1) is 11.3 Å². The molecule has 9 heteroatoms. The number of amides is 1. The summed E-state index contributed by atoms with van der Waals surface area (Å²) in [5.41, 5.74) is 3.79. The molecule has 2 aliphatic rings. The first-order chi connectivity index (χ1) is 18.2. The van der Waals surface area contributed by atoms with E-state index in [1.165, 1.54) is 0 Å². The van der Waals surface area contributed by atoms with Gasteiger partial charge in [-0.3, -0.25) is 4.90 Å². The number of aromatic nitrogens is 2. The second-order valence-corrected chi connectivity index (χ2v) is 11.9. The lowest BCUT2D eigenvalue weighted by Crippen LogP contribution is -2.56. The molecule has 2 aromatic carbocycles. The zero-order valence-corrected chi connectivity index (χ0v) is 23.0. The molecule has 2 atom stereocenters. The van der Waals surface area contributed by atoms with Gasteiger partial charge in [-0.2, -0.15) is 4.98 Å². The van der Waals surface area contributed by atoms with Crippen LogP contribution < -0.4 is 9.64 Å². The molecule has 8 nitrogen and oxygen atoms in total. The summed E-state index contributed by atoms with van der Waals surface area (Å²) in [7, 11) is 0. The van der Waals surface area contributed by atoms with Gasteiger partial charge in [-0.25, -0.2) is 9.78 Å². The van der Waals surface area contributed by atoms with E-state index in [2.05, 4.69) is 9.88 Å². The number of hydrogen-bond acceptors (Lipinski definition) is 8. The third-order valence-corrected chi connectivity index (χ3v) is 7.93. The Bertz CT molecular complexity index is 1440. The third kappa shape index (κ3) is 4.82. The van der Waals surface area contributed by atoms with Gasteiger partial charge in [-0.05, 0) is 58.2 Å². The Balaban J connectivity index is 1.31. The van der Waals surface area contributed by atoms with Crippen LogP contribution in [-0.2, 0) is 11.3 Å².